The second-order valence-electron chi connectivity index (χ2n) is 8.66. The summed E-state index contributed by atoms with van der Waals surface area (Å²) < 4.78 is 0. The smallest absolute Gasteiger partial charge is 0.261 e. The van der Waals surface area contributed by atoms with Gasteiger partial charge in [0.25, 0.3) is 23.6 Å². The fourth-order valence-electron chi connectivity index (χ4n) is 4.13. The predicted molar refractivity (Wildman–Crippen MR) is 117 cm³/mol. The second kappa shape index (κ2) is 8.90. The van der Waals surface area contributed by atoms with E-state index >= 15 is 0 Å². The van der Waals surface area contributed by atoms with E-state index in [1.807, 2.05) is 13.8 Å². The van der Waals surface area contributed by atoms with Crippen molar-refractivity contribution in [3.63, 3.8) is 0 Å². The zero-order valence-corrected chi connectivity index (χ0v) is 18.2. The van der Waals surface area contributed by atoms with Gasteiger partial charge in [-0.25, -0.2) is 0 Å². The Hall–Kier alpha value is -3.55. The van der Waals surface area contributed by atoms with Gasteiger partial charge in [-0.3, -0.25) is 29.1 Å². The van der Waals surface area contributed by atoms with Gasteiger partial charge in [-0.2, -0.15) is 0 Å². The molecule has 0 aliphatic carbocycles. The molecular weight excluding hydrogens is 408 g/mol. The van der Waals surface area contributed by atoms with Crippen LogP contribution in [-0.2, 0) is 0 Å². The van der Waals surface area contributed by atoms with Crippen LogP contribution in [0.2, 0.25) is 0 Å². The molecule has 1 aromatic carbocycles. The van der Waals surface area contributed by atoms with Gasteiger partial charge in [0.2, 0.25) is 0 Å². The first-order valence-corrected chi connectivity index (χ1v) is 10.9. The molecule has 1 saturated heterocycles. The Kier molecular flexibility index (Phi) is 6.03. The first-order chi connectivity index (χ1) is 15.3. The molecule has 0 radical (unpaired) electrons. The summed E-state index contributed by atoms with van der Waals surface area (Å²) in [7, 11) is 0. The standard InChI is InChI=1S/C24H26N4O4/c1-15(2)14-28-23(31)19-6-5-16(12-20(19)24(28)32)22(30)27-10-7-18(8-11-27)26-21(29)17-4-3-9-25-13-17/h3-6,9,12-13,15,18H,7-8,10-11,14H2,1-2H3,(H,26,29). The SMILES string of the molecule is CC(C)CN1C(=O)c2ccc(C(=O)N3CCC(NC(=O)c4cccnc4)CC3)cc2C1=O. The lowest BCUT2D eigenvalue weighted by Gasteiger charge is -2.32. The van der Waals surface area contributed by atoms with Crippen LogP contribution in [0.5, 0.6) is 0 Å². The van der Waals surface area contributed by atoms with Crippen molar-refractivity contribution in [1.82, 2.24) is 20.1 Å². The topological polar surface area (TPSA) is 99.7 Å². The summed E-state index contributed by atoms with van der Waals surface area (Å²) >= 11 is 0. The van der Waals surface area contributed by atoms with Crippen LogP contribution in [0.1, 0.15) is 68.1 Å². The van der Waals surface area contributed by atoms with E-state index < -0.39 is 0 Å². The first-order valence-electron chi connectivity index (χ1n) is 10.9. The Balaban J connectivity index is 1.38. The quantitative estimate of drug-likeness (QED) is 0.729. The molecule has 1 aromatic heterocycles. The second-order valence-corrected chi connectivity index (χ2v) is 8.66. The van der Waals surface area contributed by atoms with Gasteiger partial charge < -0.3 is 10.2 Å². The number of hydrogen-bond donors (Lipinski definition) is 1. The minimum atomic E-state index is -0.342. The van der Waals surface area contributed by atoms with E-state index in [-0.39, 0.29) is 35.6 Å². The highest BCUT2D eigenvalue weighted by atomic mass is 16.2. The maximum absolute atomic E-state index is 13.0. The fourth-order valence-corrected chi connectivity index (χ4v) is 4.13. The molecule has 0 atom stereocenters. The molecule has 32 heavy (non-hydrogen) atoms. The van der Waals surface area contributed by atoms with Crippen LogP contribution < -0.4 is 5.32 Å². The summed E-state index contributed by atoms with van der Waals surface area (Å²) in [5.74, 6) is -0.825. The number of fused-ring (bicyclic) bond motifs is 1. The highest BCUT2D eigenvalue weighted by Crippen LogP contribution is 2.26. The van der Waals surface area contributed by atoms with Crippen molar-refractivity contribution in [3.05, 3.63) is 65.0 Å². The molecule has 3 heterocycles. The molecule has 0 saturated carbocycles. The van der Waals surface area contributed by atoms with Crippen molar-refractivity contribution >= 4 is 23.6 Å². The molecule has 2 aliphatic heterocycles. The van der Waals surface area contributed by atoms with Gasteiger partial charge >= 0.3 is 0 Å². The lowest BCUT2D eigenvalue weighted by atomic mass is 10.0. The molecule has 8 nitrogen and oxygen atoms in total. The lowest BCUT2D eigenvalue weighted by molar-refractivity contribution is 0.0634. The minimum Gasteiger partial charge on any atom is -0.349 e. The highest BCUT2D eigenvalue weighted by Gasteiger charge is 2.36. The molecular formula is C24H26N4O4. The molecule has 0 bridgehead atoms. The number of nitrogens with zero attached hydrogens (tertiary/aromatic N) is 3. The number of aromatic nitrogens is 1. The highest BCUT2D eigenvalue weighted by molar-refractivity contribution is 6.22. The van der Waals surface area contributed by atoms with Crippen molar-refractivity contribution < 1.29 is 19.2 Å². The summed E-state index contributed by atoms with van der Waals surface area (Å²) in [6.07, 6.45) is 4.42. The van der Waals surface area contributed by atoms with E-state index in [1.54, 1.807) is 35.4 Å². The predicted octanol–water partition coefficient (Wildman–Crippen LogP) is 2.37. The molecule has 0 spiro atoms. The first kappa shape index (κ1) is 21.7. The zero-order chi connectivity index (χ0) is 22.8. The molecule has 2 aromatic rings. The molecule has 2 aliphatic rings. The number of carbonyl (C=O) groups excluding carboxylic acids is 4. The minimum absolute atomic E-state index is 0.0180. The van der Waals surface area contributed by atoms with Gasteiger partial charge in [-0.1, -0.05) is 13.8 Å². The van der Waals surface area contributed by atoms with Gasteiger partial charge in [0.1, 0.15) is 0 Å². The van der Waals surface area contributed by atoms with Crippen molar-refractivity contribution in [2.75, 3.05) is 19.6 Å². The van der Waals surface area contributed by atoms with Crippen LogP contribution in [0.15, 0.2) is 42.7 Å². The van der Waals surface area contributed by atoms with E-state index in [4.69, 9.17) is 0 Å². The number of hydrogen-bond acceptors (Lipinski definition) is 5. The van der Waals surface area contributed by atoms with Crippen molar-refractivity contribution in [2.24, 2.45) is 5.92 Å². The fraction of sp³-hybridized carbons (Fsp3) is 0.375. The normalized spacial score (nSPS) is 16.5. The number of likely N-dealkylation sites (tertiary alicyclic amines) is 1. The number of pyridine rings is 1. The zero-order valence-electron chi connectivity index (χ0n) is 18.2. The van der Waals surface area contributed by atoms with Crippen molar-refractivity contribution in [3.8, 4) is 0 Å². The average molecular weight is 434 g/mol. The number of amides is 4. The van der Waals surface area contributed by atoms with E-state index in [0.717, 1.165) is 0 Å². The number of nitrogens with one attached hydrogen (secondary N) is 1. The number of carbonyl (C=O) groups is 4. The Morgan fingerprint density at radius 3 is 2.44 bits per heavy atom. The third-order valence-electron chi connectivity index (χ3n) is 5.81. The monoisotopic (exact) mass is 434 g/mol. The number of rotatable bonds is 5. The van der Waals surface area contributed by atoms with Crippen molar-refractivity contribution in [2.45, 2.75) is 32.7 Å². The van der Waals surface area contributed by atoms with Crippen molar-refractivity contribution in [1.29, 1.82) is 0 Å². The van der Waals surface area contributed by atoms with Crippen LogP contribution in [0.3, 0.4) is 0 Å². The third-order valence-corrected chi connectivity index (χ3v) is 5.81. The van der Waals surface area contributed by atoms with Crippen LogP contribution in [0.4, 0.5) is 0 Å². The maximum Gasteiger partial charge on any atom is 0.261 e. The summed E-state index contributed by atoms with van der Waals surface area (Å²) in [6, 6.07) is 8.13. The van der Waals surface area contributed by atoms with Crippen LogP contribution >= 0.6 is 0 Å². The largest absolute Gasteiger partial charge is 0.349 e. The number of benzene rings is 1. The number of piperidine rings is 1. The summed E-state index contributed by atoms with van der Waals surface area (Å²) in [6.45, 7) is 5.25. The van der Waals surface area contributed by atoms with Gasteiger partial charge in [0.15, 0.2) is 0 Å². The molecule has 1 N–H and O–H groups in total. The Morgan fingerprint density at radius 1 is 1.06 bits per heavy atom. The number of imide groups is 1. The van der Waals surface area contributed by atoms with Gasteiger partial charge in [0.05, 0.1) is 16.7 Å². The molecule has 4 rings (SSSR count). The Labute approximate surface area is 186 Å². The summed E-state index contributed by atoms with van der Waals surface area (Å²) in [4.78, 5) is 57.5. The van der Waals surface area contributed by atoms with E-state index in [9.17, 15) is 19.2 Å². The maximum atomic E-state index is 13.0. The molecule has 0 unspecified atom stereocenters. The van der Waals surface area contributed by atoms with Gasteiger partial charge in [-0.05, 0) is 49.1 Å². The van der Waals surface area contributed by atoms with Crippen LogP contribution in [-0.4, -0.2) is 64.1 Å². The van der Waals surface area contributed by atoms with Crippen LogP contribution in [0.25, 0.3) is 0 Å². The van der Waals surface area contributed by atoms with E-state index in [0.29, 0.717) is 54.7 Å². The summed E-state index contributed by atoms with van der Waals surface area (Å²) in [5.41, 5.74) is 1.55. The summed E-state index contributed by atoms with van der Waals surface area (Å²) in [5, 5.41) is 2.99. The lowest BCUT2D eigenvalue weighted by Crippen LogP contribution is -2.46. The third kappa shape index (κ3) is 4.26. The molecule has 4 amide bonds. The molecule has 8 heteroatoms. The van der Waals surface area contributed by atoms with E-state index in [2.05, 4.69) is 10.3 Å². The Morgan fingerprint density at radius 2 is 1.78 bits per heavy atom. The van der Waals surface area contributed by atoms with E-state index in [1.165, 1.54) is 17.2 Å². The Bertz CT molecular complexity index is 1060. The molecule has 1 fully saturated rings. The molecule has 166 valence electrons. The van der Waals surface area contributed by atoms with Gasteiger partial charge in [-0.15, -0.1) is 0 Å². The average Bonchev–Trinajstić information content (AvgIpc) is 3.03. The van der Waals surface area contributed by atoms with Crippen LogP contribution in [0, 0.1) is 5.92 Å². The van der Waals surface area contributed by atoms with Gasteiger partial charge in [0, 0.05) is 43.6 Å².